The highest BCUT2D eigenvalue weighted by Gasteiger charge is 2.34. The van der Waals surface area contributed by atoms with Gasteiger partial charge in [0.05, 0.1) is 17.7 Å². The normalized spacial score (nSPS) is 14.2. The van der Waals surface area contributed by atoms with Crippen molar-refractivity contribution in [3.05, 3.63) is 71.4 Å². The van der Waals surface area contributed by atoms with Crippen molar-refractivity contribution in [2.24, 2.45) is 0 Å². The third-order valence-corrected chi connectivity index (χ3v) is 6.91. The quantitative estimate of drug-likeness (QED) is 0.315. The Morgan fingerprint density at radius 2 is 2.00 bits per heavy atom. The molecule has 0 bridgehead atoms. The van der Waals surface area contributed by atoms with Crippen molar-refractivity contribution < 1.29 is 19.4 Å². The largest absolute Gasteiger partial charge is 0.493 e. The molecule has 0 fully saturated rings. The lowest BCUT2D eigenvalue weighted by molar-refractivity contribution is -0.163. The number of carbonyl (C=O) groups is 1. The van der Waals surface area contributed by atoms with Crippen LogP contribution in [-0.4, -0.2) is 28.3 Å². The average molecular weight is 470 g/mol. The fourth-order valence-electron chi connectivity index (χ4n) is 5.45. The molecule has 1 aliphatic rings. The first-order chi connectivity index (χ1) is 16.8. The van der Waals surface area contributed by atoms with Crippen LogP contribution in [0.1, 0.15) is 56.4 Å². The number of aryl methyl sites for hydroxylation is 1. The minimum absolute atomic E-state index is 0.584. The molecule has 5 nitrogen and oxygen atoms in total. The zero-order valence-corrected chi connectivity index (χ0v) is 20.7. The van der Waals surface area contributed by atoms with Gasteiger partial charge in [-0.3, -0.25) is 4.98 Å². The molecule has 0 saturated heterocycles. The summed E-state index contributed by atoms with van der Waals surface area (Å²) in [6, 6.07) is 16.2. The maximum absolute atomic E-state index is 12.7. The number of fused-ring (bicyclic) bond motifs is 1. The second-order valence-electron chi connectivity index (χ2n) is 9.95. The van der Waals surface area contributed by atoms with E-state index in [9.17, 15) is 9.90 Å². The number of carboxylic acids is 1. The fraction of sp³-hybridized carbons (Fsp3) is 0.333. The van der Waals surface area contributed by atoms with Crippen LogP contribution in [0, 0.1) is 6.92 Å². The minimum atomic E-state index is -1.11. The molecule has 0 spiro atoms. The lowest BCUT2D eigenvalue weighted by Gasteiger charge is -2.31. The highest BCUT2D eigenvalue weighted by molar-refractivity contribution is 6.08. The van der Waals surface area contributed by atoms with Crippen molar-refractivity contribution in [1.29, 1.82) is 0 Å². The van der Waals surface area contributed by atoms with Gasteiger partial charge in [0.15, 0.2) is 6.10 Å². The molecule has 0 aliphatic carbocycles. The molecule has 1 unspecified atom stereocenters. The third-order valence-electron chi connectivity index (χ3n) is 6.91. The lowest BCUT2D eigenvalue weighted by atomic mass is 9.85. The van der Waals surface area contributed by atoms with Crippen LogP contribution < -0.4 is 4.74 Å². The van der Waals surface area contributed by atoms with Gasteiger partial charge in [-0.25, -0.2) is 4.79 Å². The van der Waals surface area contributed by atoms with Gasteiger partial charge < -0.3 is 14.6 Å². The first-order valence-corrected chi connectivity index (χ1v) is 12.3. The smallest absolute Gasteiger partial charge is 0.337 e. The molecule has 35 heavy (non-hydrogen) atoms. The number of ether oxygens (including phenoxy) is 2. The number of nitrogens with zero attached hydrogens (tertiary/aromatic N) is 1. The van der Waals surface area contributed by atoms with Gasteiger partial charge in [-0.2, -0.15) is 0 Å². The zero-order valence-electron chi connectivity index (χ0n) is 20.7. The Labute approximate surface area is 205 Å². The van der Waals surface area contributed by atoms with Crippen LogP contribution in [-0.2, 0) is 16.0 Å². The highest BCUT2D eigenvalue weighted by Crippen LogP contribution is 2.45. The second-order valence-corrected chi connectivity index (χ2v) is 9.95. The molecule has 2 heterocycles. The average Bonchev–Trinajstić information content (AvgIpc) is 2.83. The van der Waals surface area contributed by atoms with Crippen molar-refractivity contribution in [1.82, 2.24) is 4.98 Å². The molecule has 5 heteroatoms. The summed E-state index contributed by atoms with van der Waals surface area (Å²) in [6.45, 7) is 8.62. The van der Waals surface area contributed by atoms with Crippen LogP contribution in [0.5, 0.6) is 5.75 Å². The van der Waals surface area contributed by atoms with Crippen molar-refractivity contribution >= 4 is 27.6 Å². The highest BCUT2D eigenvalue weighted by atomic mass is 16.5. The van der Waals surface area contributed by atoms with Gasteiger partial charge >= 0.3 is 5.97 Å². The Bertz CT molecular complexity index is 1430. The number of rotatable bonds is 7. The Hall–Kier alpha value is -3.44. The minimum Gasteiger partial charge on any atom is -0.493 e. The van der Waals surface area contributed by atoms with Crippen LogP contribution in [0.25, 0.3) is 32.8 Å². The molecule has 1 N–H and O–H groups in total. The second kappa shape index (κ2) is 8.97. The van der Waals surface area contributed by atoms with Crippen molar-refractivity contribution in [3.8, 4) is 16.9 Å². The van der Waals surface area contributed by atoms with E-state index in [-0.39, 0.29) is 0 Å². The molecule has 0 amide bonds. The standard InChI is InChI=1S/C30H31NO4/c1-5-14-30(3,4)35-28(29(32)33)24-18(2)17-20-8-6-7-9-21(20)26(24)22-10-11-23-25-19(13-16-34-23)12-15-31-27(22)25/h6-12,15,17,28H,5,13-14,16H2,1-4H3,(H,32,33). The van der Waals surface area contributed by atoms with E-state index < -0.39 is 17.7 Å². The van der Waals surface area contributed by atoms with Crippen LogP contribution in [0.4, 0.5) is 0 Å². The number of benzene rings is 3. The van der Waals surface area contributed by atoms with Gasteiger partial charge in [0, 0.05) is 29.1 Å². The van der Waals surface area contributed by atoms with Gasteiger partial charge in [-0.15, -0.1) is 0 Å². The summed E-state index contributed by atoms with van der Waals surface area (Å²) in [6.07, 6.45) is 3.21. The van der Waals surface area contributed by atoms with Crippen LogP contribution >= 0.6 is 0 Å². The summed E-state index contributed by atoms with van der Waals surface area (Å²) >= 11 is 0. The predicted molar refractivity (Wildman–Crippen MR) is 139 cm³/mol. The summed E-state index contributed by atoms with van der Waals surface area (Å²) in [7, 11) is 0. The molecule has 1 atom stereocenters. The number of pyridine rings is 1. The Kier molecular flexibility index (Phi) is 5.97. The van der Waals surface area contributed by atoms with Gasteiger partial charge in [0.2, 0.25) is 0 Å². The number of hydrogen-bond donors (Lipinski definition) is 1. The molecule has 4 aromatic rings. The first-order valence-electron chi connectivity index (χ1n) is 12.3. The predicted octanol–water partition coefficient (Wildman–Crippen LogP) is 7.02. The first kappa shape index (κ1) is 23.3. The fourth-order valence-corrected chi connectivity index (χ4v) is 5.45. The summed E-state index contributed by atoms with van der Waals surface area (Å²) in [5.74, 6) is -0.167. The number of hydrogen-bond acceptors (Lipinski definition) is 4. The van der Waals surface area contributed by atoms with Gasteiger partial charge in [-0.1, -0.05) is 43.7 Å². The van der Waals surface area contributed by atoms with Crippen LogP contribution in [0.3, 0.4) is 0 Å². The van der Waals surface area contributed by atoms with Crippen LogP contribution in [0.2, 0.25) is 0 Å². The maximum Gasteiger partial charge on any atom is 0.337 e. The van der Waals surface area contributed by atoms with E-state index in [1.165, 1.54) is 5.56 Å². The Balaban J connectivity index is 1.85. The molecule has 180 valence electrons. The lowest BCUT2D eigenvalue weighted by Crippen LogP contribution is -2.31. The molecule has 3 aromatic carbocycles. The SMILES string of the molecule is CCCC(C)(C)OC(C(=O)O)c1c(C)cc2ccccc2c1-c1ccc2c3c(ccnc13)CCO2. The summed E-state index contributed by atoms with van der Waals surface area (Å²) < 4.78 is 12.3. The summed E-state index contributed by atoms with van der Waals surface area (Å²) in [5.41, 5.74) is 4.77. The van der Waals surface area contributed by atoms with E-state index >= 15 is 0 Å². The van der Waals surface area contributed by atoms with E-state index in [2.05, 4.69) is 25.1 Å². The molecular weight excluding hydrogens is 438 g/mol. The van der Waals surface area contributed by atoms with Gasteiger partial charge in [0.1, 0.15) is 5.75 Å². The molecule has 0 saturated carbocycles. The number of aliphatic carboxylic acids is 1. The Morgan fingerprint density at radius 3 is 2.77 bits per heavy atom. The molecule has 5 rings (SSSR count). The zero-order chi connectivity index (χ0) is 24.7. The molecule has 0 radical (unpaired) electrons. The van der Waals surface area contributed by atoms with E-state index in [1.807, 2.05) is 57.3 Å². The van der Waals surface area contributed by atoms with Gasteiger partial charge in [0.25, 0.3) is 0 Å². The van der Waals surface area contributed by atoms with Crippen molar-refractivity contribution in [2.45, 2.75) is 58.7 Å². The number of aromatic nitrogens is 1. The topological polar surface area (TPSA) is 68.7 Å². The van der Waals surface area contributed by atoms with Crippen molar-refractivity contribution in [3.63, 3.8) is 0 Å². The third kappa shape index (κ3) is 4.14. The molecular formula is C30H31NO4. The maximum atomic E-state index is 12.7. The molecule has 1 aromatic heterocycles. The monoisotopic (exact) mass is 469 g/mol. The Morgan fingerprint density at radius 1 is 1.20 bits per heavy atom. The van der Waals surface area contributed by atoms with Crippen LogP contribution in [0.15, 0.2) is 54.7 Å². The summed E-state index contributed by atoms with van der Waals surface area (Å²) in [5, 5.41) is 13.5. The van der Waals surface area contributed by atoms with E-state index in [4.69, 9.17) is 14.5 Å². The molecule has 1 aliphatic heterocycles. The van der Waals surface area contributed by atoms with Gasteiger partial charge in [-0.05, 0) is 72.9 Å². The van der Waals surface area contributed by atoms with E-state index in [0.29, 0.717) is 12.2 Å². The number of carboxylic acid groups (broad SMARTS) is 1. The van der Waals surface area contributed by atoms with E-state index in [0.717, 1.165) is 63.4 Å². The summed E-state index contributed by atoms with van der Waals surface area (Å²) in [4.78, 5) is 17.5. The van der Waals surface area contributed by atoms with E-state index in [1.54, 1.807) is 0 Å². The van der Waals surface area contributed by atoms with Crippen molar-refractivity contribution in [2.75, 3.05) is 6.61 Å².